The number of nitrogens with zero attached hydrogens (tertiary/aromatic N) is 1. The highest BCUT2D eigenvalue weighted by molar-refractivity contribution is 7.92. The van der Waals surface area contributed by atoms with Gasteiger partial charge in [-0.05, 0) is 59.4 Å². The highest BCUT2D eigenvalue weighted by Gasteiger charge is 2.20. The quantitative estimate of drug-likeness (QED) is 0.361. The lowest BCUT2D eigenvalue weighted by atomic mass is 9.88. The number of carbonyl (C=O) groups is 2. The molecule has 0 spiro atoms. The summed E-state index contributed by atoms with van der Waals surface area (Å²) >= 11 is 0. The second kappa shape index (κ2) is 12.1. The van der Waals surface area contributed by atoms with Crippen molar-refractivity contribution in [3.8, 4) is 11.1 Å². The standard InChI is InChI=1S/C26H32FNO6S/c1-6-34-26(31)16-22(30)15-21(29)11-12-23-24(17(2)3)13-20(28(4)35(5,32)33)14-25(23)18-7-9-19(27)10-8-18/h7-14,17,21,29H,6,15-16H2,1-5H3/b12-11+/t21-/m1/s1. The van der Waals surface area contributed by atoms with Gasteiger partial charge in [-0.3, -0.25) is 13.9 Å². The number of hydrogen-bond donors (Lipinski definition) is 1. The van der Waals surface area contributed by atoms with Crippen LogP contribution in [0.25, 0.3) is 17.2 Å². The van der Waals surface area contributed by atoms with E-state index in [4.69, 9.17) is 4.74 Å². The van der Waals surface area contributed by atoms with Crippen molar-refractivity contribution in [3.63, 3.8) is 0 Å². The molecular weight excluding hydrogens is 473 g/mol. The Hall–Kier alpha value is -3.04. The largest absolute Gasteiger partial charge is 0.466 e. The molecule has 2 rings (SSSR count). The molecule has 9 heteroatoms. The number of sulfonamides is 1. The van der Waals surface area contributed by atoms with Crippen molar-refractivity contribution in [3.05, 3.63) is 59.4 Å². The van der Waals surface area contributed by atoms with Crippen molar-refractivity contribution >= 4 is 33.5 Å². The van der Waals surface area contributed by atoms with E-state index >= 15 is 0 Å². The second-order valence-electron chi connectivity index (χ2n) is 8.54. The van der Waals surface area contributed by atoms with E-state index in [-0.39, 0.29) is 18.9 Å². The number of aliphatic hydroxyl groups excluding tert-OH is 1. The van der Waals surface area contributed by atoms with Gasteiger partial charge in [0.05, 0.1) is 24.7 Å². The number of hydrogen-bond acceptors (Lipinski definition) is 6. The van der Waals surface area contributed by atoms with Crippen molar-refractivity contribution < 1.29 is 32.2 Å². The number of Topliss-reactive ketones (excluding diaryl/α,β-unsaturated/α-hetero) is 1. The molecule has 0 aliphatic carbocycles. The molecule has 35 heavy (non-hydrogen) atoms. The predicted octanol–water partition coefficient (Wildman–Crippen LogP) is 4.30. The topological polar surface area (TPSA) is 101 Å². The van der Waals surface area contributed by atoms with Gasteiger partial charge in [0.15, 0.2) is 0 Å². The molecule has 0 saturated carbocycles. The van der Waals surface area contributed by atoms with E-state index in [1.165, 1.54) is 29.6 Å². The fourth-order valence-electron chi connectivity index (χ4n) is 3.52. The van der Waals surface area contributed by atoms with Gasteiger partial charge in [-0.15, -0.1) is 0 Å². The first-order valence-electron chi connectivity index (χ1n) is 11.2. The lowest BCUT2D eigenvalue weighted by Gasteiger charge is -2.23. The molecule has 0 aromatic heterocycles. The summed E-state index contributed by atoms with van der Waals surface area (Å²) in [7, 11) is -2.07. The fourth-order valence-corrected chi connectivity index (χ4v) is 4.01. The molecule has 0 aliphatic heterocycles. The summed E-state index contributed by atoms with van der Waals surface area (Å²) in [5.74, 6) is -1.52. The third-order valence-corrected chi connectivity index (χ3v) is 6.61. The third-order valence-electron chi connectivity index (χ3n) is 5.40. The van der Waals surface area contributed by atoms with E-state index in [9.17, 15) is 27.5 Å². The molecule has 1 N–H and O–H groups in total. The summed E-state index contributed by atoms with van der Waals surface area (Å²) < 4.78 is 43.9. The fraction of sp³-hybridized carbons (Fsp3) is 0.385. The van der Waals surface area contributed by atoms with Crippen LogP contribution in [-0.4, -0.2) is 51.3 Å². The summed E-state index contributed by atoms with van der Waals surface area (Å²) in [4.78, 5) is 23.6. The van der Waals surface area contributed by atoms with E-state index in [2.05, 4.69) is 0 Å². The first kappa shape index (κ1) is 28.2. The Balaban J connectivity index is 2.52. The van der Waals surface area contributed by atoms with Crippen molar-refractivity contribution in [1.29, 1.82) is 0 Å². The zero-order chi connectivity index (χ0) is 26.3. The molecule has 2 aromatic carbocycles. The van der Waals surface area contributed by atoms with Crippen molar-refractivity contribution in [1.82, 2.24) is 0 Å². The third kappa shape index (κ3) is 8.00. The van der Waals surface area contributed by atoms with Crippen LogP contribution in [0.3, 0.4) is 0 Å². The van der Waals surface area contributed by atoms with Gasteiger partial charge < -0.3 is 9.84 Å². The molecule has 0 unspecified atom stereocenters. The first-order valence-corrected chi connectivity index (χ1v) is 13.1. The molecule has 0 saturated heterocycles. The van der Waals surface area contributed by atoms with Gasteiger partial charge >= 0.3 is 5.97 Å². The van der Waals surface area contributed by atoms with Gasteiger partial charge in [0.1, 0.15) is 18.0 Å². The van der Waals surface area contributed by atoms with Gasteiger partial charge in [0.25, 0.3) is 0 Å². The van der Waals surface area contributed by atoms with Gasteiger partial charge in [-0.1, -0.05) is 38.1 Å². The lowest BCUT2D eigenvalue weighted by Crippen LogP contribution is -2.25. The Morgan fingerprint density at radius 1 is 1.17 bits per heavy atom. The average molecular weight is 506 g/mol. The number of ketones is 1. The SMILES string of the molecule is CCOC(=O)CC(=O)C[C@H](O)/C=C/c1c(-c2ccc(F)cc2)cc(N(C)S(C)(=O)=O)cc1C(C)C. The van der Waals surface area contributed by atoms with Crippen LogP contribution in [0.2, 0.25) is 0 Å². The summed E-state index contributed by atoms with van der Waals surface area (Å²) in [6.07, 6.45) is 2.42. The second-order valence-corrected chi connectivity index (χ2v) is 10.6. The van der Waals surface area contributed by atoms with E-state index in [0.29, 0.717) is 22.4 Å². The number of aliphatic hydroxyl groups is 1. The Labute approximate surface area is 206 Å². The Bertz CT molecular complexity index is 1190. The van der Waals surface area contributed by atoms with Crippen molar-refractivity contribution in [2.45, 2.75) is 45.6 Å². The highest BCUT2D eigenvalue weighted by atomic mass is 32.2. The smallest absolute Gasteiger partial charge is 0.313 e. The number of halogens is 1. The minimum Gasteiger partial charge on any atom is -0.466 e. The molecule has 0 amide bonds. The molecule has 0 bridgehead atoms. The Morgan fingerprint density at radius 3 is 2.34 bits per heavy atom. The maximum atomic E-state index is 13.6. The maximum absolute atomic E-state index is 13.6. The van der Waals surface area contributed by atoms with Gasteiger partial charge in [0.2, 0.25) is 10.0 Å². The van der Waals surface area contributed by atoms with E-state index in [1.54, 1.807) is 37.3 Å². The molecule has 0 fully saturated rings. The number of anilines is 1. The van der Waals surface area contributed by atoms with E-state index < -0.39 is 40.1 Å². The minimum atomic E-state index is -3.53. The molecule has 0 aliphatic rings. The van der Waals surface area contributed by atoms with Gasteiger partial charge in [-0.25, -0.2) is 12.8 Å². The molecule has 7 nitrogen and oxygen atoms in total. The molecule has 1 atom stereocenters. The van der Waals surface area contributed by atoms with Crippen LogP contribution in [0.4, 0.5) is 10.1 Å². The molecule has 0 radical (unpaired) electrons. The number of carbonyl (C=O) groups excluding carboxylic acids is 2. The molecule has 0 heterocycles. The highest BCUT2D eigenvalue weighted by Crippen LogP contribution is 2.36. The first-order chi connectivity index (χ1) is 16.3. The summed E-state index contributed by atoms with van der Waals surface area (Å²) in [5, 5.41) is 10.4. The van der Waals surface area contributed by atoms with Crippen molar-refractivity contribution in [2.75, 3.05) is 24.2 Å². The number of benzene rings is 2. The average Bonchev–Trinajstić information content (AvgIpc) is 2.76. The molecular formula is C26H32FNO6S. The summed E-state index contributed by atoms with van der Waals surface area (Å²) in [5.41, 5.74) is 3.25. The van der Waals surface area contributed by atoms with Crippen LogP contribution >= 0.6 is 0 Å². The maximum Gasteiger partial charge on any atom is 0.313 e. The normalized spacial score (nSPS) is 12.7. The number of rotatable bonds is 11. The minimum absolute atomic E-state index is 0.0238. The Kier molecular flexibility index (Phi) is 9.73. The van der Waals surface area contributed by atoms with Crippen LogP contribution in [0.5, 0.6) is 0 Å². The van der Waals surface area contributed by atoms with Crippen LogP contribution in [-0.2, 0) is 24.3 Å². The Morgan fingerprint density at radius 2 is 1.80 bits per heavy atom. The zero-order valence-corrected chi connectivity index (χ0v) is 21.4. The van der Waals surface area contributed by atoms with E-state index in [0.717, 1.165) is 11.8 Å². The zero-order valence-electron chi connectivity index (χ0n) is 20.6. The van der Waals surface area contributed by atoms with Gasteiger partial charge in [0, 0.05) is 13.5 Å². The summed E-state index contributed by atoms with van der Waals surface area (Å²) in [6.45, 7) is 5.71. The van der Waals surface area contributed by atoms with Crippen LogP contribution in [0.1, 0.15) is 50.7 Å². The van der Waals surface area contributed by atoms with Crippen LogP contribution < -0.4 is 4.31 Å². The number of ether oxygens (including phenoxy) is 1. The lowest BCUT2D eigenvalue weighted by molar-refractivity contribution is -0.145. The monoisotopic (exact) mass is 505 g/mol. The molecule has 190 valence electrons. The predicted molar refractivity (Wildman–Crippen MR) is 135 cm³/mol. The number of esters is 1. The van der Waals surface area contributed by atoms with Crippen LogP contribution in [0, 0.1) is 5.82 Å². The van der Waals surface area contributed by atoms with Crippen molar-refractivity contribution in [2.24, 2.45) is 0 Å². The van der Waals surface area contributed by atoms with Gasteiger partial charge in [-0.2, -0.15) is 0 Å². The van der Waals surface area contributed by atoms with E-state index in [1.807, 2.05) is 13.8 Å². The summed E-state index contributed by atoms with van der Waals surface area (Å²) in [6, 6.07) is 9.27. The molecule has 2 aromatic rings. The van der Waals surface area contributed by atoms with Crippen LogP contribution in [0.15, 0.2) is 42.5 Å².